The largest absolute Gasteiger partial charge is 0.480 e. The Balaban J connectivity index is 1.09. The number of aryl methyl sites for hydroxylation is 1. The number of anilines is 2. The number of hydrogen-bond acceptors (Lipinski definition) is 23. The molecule has 26 nitrogen and oxygen atoms in total. The Morgan fingerprint density at radius 3 is 2.25 bits per heavy atom. The second-order valence-electron chi connectivity index (χ2n) is 12.8. The van der Waals surface area contributed by atoms with Crippen molar-refractivity contribution in [1.82, 2.24) is 45.6 Å². The summed E-state index contributed by atoms with van der Waals surface area (Å²) in [6.07, 6.45) is 0. The quantitative estimate of drug-likeness (QED) is 0.0216. The summed E-state index contributed by atoms with van der Waals surface area (Å²) in [5.41, 5.74) is 3.12. The first-order valence-corrected chi connectivity index (χ1v) is 22.4. The molecule has 63 heavy (non-hydrogen) atoms. The lowest BCUT2D eigenvalue weighted by Gasteiger charge is -2.49. The number of nitrogen functional groups attached to an aromatic ring is 1. The lowest BCUT2D eigenvalue weighted by molar-refractivity contribution is -0.150. The summed E-state index contributed by atoms with van der Waals surface area (Å²) in [5.74, 6) is -6.64. The van der Waals surface area contributed by atoms with Crippen molar-refractivity contribution < 1.29 is 53.8 Å². The van der Waals surface area contributed by atoms with Gasteiger partial charge in [-0.1, -0.05) is 22.1 Å². The van der Waals surface area contributed by atoms with E-state index in [-0.39, 0.29) is 73.4 Å². The molecule has 10 N–H and O–H groups in total. The van der Waals surface area contributed by atoms with Crippen LogP contribution in [-0.2, 0) is 45.5 Å². The van der Waals surface area contributed by atoms with Crippen molar-refractivity contribution >= 4 is 115 Å². The van der Waals surface area contributed by atoms with Crippen LogP contribution in [-0.4, -0.2) is 153 Å². The predicted molar refractivity (Wildman–Crippen MR) is 228 cm³/mol. The van der Waals surface area contributed by atoms with Gasteiger partial charge in [0, 0.05) is 41.6 Å². The lowest BCUT2D eigenvalue weighted by atomic mass is 10.0. The van der Waals surface area contributed by atoms with Crippen molar-refractivity contribution in [2.45, 2.75) is 28.0 Å². The second kappa shape index (κ2) is 19.7. The van der Waals surface area contributed by atoms with Crippen LogP contribution in [0.15, 0.2) is 58.4 Å². The smallest absolute Gasteiger partial charge is 0.352 e. The summed E-state index contributed by atoms with van der Waals surface area (Å²) in [6, 6.07) is -2.80. The summed E-state index contributed by atoms with van der Waals surface area (Å²) in [6.45, 7) is -0.102. The Bertz CT molecular complexity index is 2620. The fourth-order valence-electron chi connectivity index (χ4n) is 5.94. The van der Waals surface area contributed by atoms with Crippen molar-refractivity contribution in [3.05, 3.63) is 65.4 Å². The third kappa shape index (κ3) is 10.1. The Morgan fingerprint density at radius 2 is 1.62 bits per heavy atom. The number of aliphatic carboxylic acids is 3. The molecule has 1 fully saturated rings. The maximum Gasteiger partial charge on any atom is 0.352 e. The molecule has 1 saturated heterocycles. The molecule has 6 heterocycles. The van der Waals surface area contributed by atoms with Gasteiger partial charge in [-0.3, -0.25) is 38.7 Å². The molecular formula is C32H33N13O13S5. The van der Waals surface area contributed by atoms with E-state index in [1.54, 1.807) is 0 Å². The first-order valence-electron chi connectivity index (χ1n) is 17.5. The minimum atomic E-state index is -1.64. The SMILES string of the molecule is CO/N=C(\C(=O)NC(C(=O)O)C1NC(C(=O)O)=C(CNc2nc(/C(=N/OC)C(=O)N[C@@H]3C(=O)N4C(C(=O)O)=C(CSc5nc(=O)c(=O)[nH]n5C)CS[C@H]34)cs2)CS1)c1csc(N)n1. The highest BCUT2D eigenvalue weighted by molar-refractivity contribution is 8.01. The number of oxime groups is 2. The van der Waals surface area contributed by atoms with Crippen LogP contribution in [0.25, 0.3) is 0 Å². The fourth-order valence-corrected chi connectivity index (χ4v) is 10.8. The van der Waals surface area contributed by atoms with Gasteiger partial charge in [-0.15, -0.1) is 46.2 Å². The Labute approximate surface area is 372 Å². The molecular weight excluding hydrogens is 935 g/mol. The molecule has 4 atom stereocenters. The number of carbonyl (C=O) groups is 6. The molecule has 0 bridgehead atoms. The van der Waals surface area contributed by atoms with Crippen LogP contribution < -0.4 is 38.1 Å². The van der Waals surface area contributed by atoms with E-state index in [0.29, 0.717) is 11.1 Å². The number of nitrogens with one attached hydrogen (secondary N) is 5. The van der Waals surface area contributed by atoms with E-state index < -0.39 is 69.6 Å². The molecule has 334 valence electrons. The van der Waals surface area contributed by atoms with Gasteiger partial charge in [0.2, 0.25) is 0 Å². The van der Waals surface area contributed by atoms with Crippen molar-refractivity contribution in [3.63, 3.8) is 0 Å². The van der Waals surface area contributed by atoms with Crippen molar-refractivity contribution in [2.24, 2.45) is 17.4 Å². The Morgan fingerprint density at radius 1 is 0.952 bits per heavy atom. The van der Waals surface area contributed by atoms with Crippen LogP contribution in [0.2, 0.25) is 0 Å². The third-order valence-electron chi connectivity index (χ3n) is 8.77. The number of amides is 3. The number of rotatable bonds is 18. The Kier molecular flexibility index (Phi) is 14.4. The second-order valence-corrected chi connectivity index (χ2v) is 17.7. The maximum absolute atomic E-state index is 13.5. The van der Waals surface area contributed by atoms with Crippen LogP contribution in [0.1, 0.15) is 11.4 Å². The molecule has 31 heteroatoms. The van der Waals surface area contributed by atoms with Crippen LogP contribution in [0, 0.1) is 0 Å². The van der Waals surface area contributed by atoms with Gasteiger partial charge in [0.25, 0.3) is 17.7 Å². The molecule has 0 saturated carbocycles. The molecule has 0 spiro atoms. The number of thioether (sulfide) groups is 3. The Hall–Kier alpha value is -6.44. The maximum atomic E-state index is 13.5. The van der Waals surface area contributed by atoms with E-state index in [4.69, 9.17) is 15.4 Å². The molecule has 3 aliphatic rings. The number of nitrogens with zero attached hydrogens (tertiary/aromatic N) is 7. The van der Waals surface area contributed by atoms with Gasteiger partial charge in [0.1, 0.15) is 53.8 Å². The molecule has 3 aliphatic heterocycles. The van der Waals surface area contributed by atoms with Crippen LogP contribution in [0.3, 0.4) is 0 Å². The zero-order chi connectivity index (χ0) is 45.7. The number of hydrogen-bond donors (Lipinski definition) is 9. The average molecular weight is 968 g/mol. The van der Waals surface area contributed by atoms with Gasteiger partial charge in [-0.05, 0) is 11.1 Å². The number of thiazole rings is 2. The van der Waals surface area contributed by atoms with Crippen LogP contribution in [0.5, 0.6) is 0 Å². The van der Waals surface area contributed by atoms with Gasteiger partial charge in [-0.25, -0.2) is 24.4 Å². The summed E-state index contributed by atoms with van der Waals surface area (Å²) in [5, 5.41) is 51.8. The van der Waals surface area contributed by atoms with E-state index >= 15 is 0 Å². The highest BCUT2D eigenvalue weighted by atomic mass is 32.2. The van der Waals surface area contributed by atoms with Gasteiger partial charge in [0.05, 0.1) is 0 Å². The molecule has 0 radical (unpaired) electrons. The minimum absolute atomic E-state index is 0.00260. The number of aromatic amines is 1. The zero-order valence-corrected chi connectivity index (χ0v) is 36.5. The number of carboxylic acids is 3. The third-order valence-corrected chi connectivity index (χ3v) is 14.0. The molecule has 3 aromatic rings. The average Bonchev–Trinajstić information content (AvgIpc) is 3.91. The first kappa shape index (κ1) is 46.1. The van der Waals surface area contributed by atoms with Crippen molar-refractivity contribution in [2.75, 3.05) is 49.1 Å². The first-order chi connectivity index (χ1) is 30.0. The molecule has 0 aliphatic carbocycles. The number of β-lactam (4-membered cyclic amide) rings is 1. The highest BCUT2D eigenvalue weighted by Crippen LogP contribution is 2.41. The summed E-state index contributed by atoms with van der Waals surface area (Å²) < 4.78 is 1.22. The summed E-state index contributed by atoms with van der Waals surface area (Å²) >= 11 is 5.23. The highest BCUT2D eigenvalue weighted by Gasteiger charge is 2.54. The van der Waals surface area contributed by atoms with Crippen molar-refractivity contribution in [3.8, 4) is 0 Å². The van der Waals surface area contributed by atoms with E-state index in [2.05, 4.69) is 51.6 Å². The van der Waals surface area contributed by atoms with Gasteiger partial charge >= 0.3 is 29.0 Å². The number of nitrogens with two attached hydrogens (primary N) is 1. The normalized spacial score (nSPS) is 19.3. The molecule has 3 aromatic heterocycles. The fraction of sp³-hybridized carbons (Fsp3) is 0.344. The minimum Gasteiger partial charge on any atom is -0.480 e. The lowest BCUT2D eigenvalue weighted by Crippen LogP contribution is -2.71. The van der Waals surface area contributed by atoms with Crippen LogP contribution in [0.4, 0.5) is 10.3 Å². The van der Waals surface area contributed by atoms with E-state index in [1.807, 2.05) is 0 Å². The van der Waals surface area contributed by atoms with E-state index in [0.717, 1.165) is 51.1 Å². The number of fused-ring (bicyclic) bond motifs is 1. The standard InChI is InChI=1S/C32H33N13O13S5/c1-44-32(40-22(48)23(49)41-44)63-7-11-6-60-26-18(25(50)45(26)19(11)29(55)56)38-21(47)16(43-58-3)13-9-62-31(36-13)34-4-10-5-59-24(39-14(10)27(51)52)17(28(53)54)37-20(46)15(42-57-2)12-8-61-30(33)35-12/h8-9,17-18,24,26,39H,4-7H2,1-3H3,(H2,33,35)(H,34,36)(H,37,46)(H,38,47)(H,41,49)(H,51,52)(H,53,54)(H,55,56)/b42-15-,43-16-/t17?,18-,24?,26-/m1/s1. The zero-order valence-electron chi connectivity index (χ0n) is 32.5. The summed E-state index contributed by atoms with van der Waals surface area (Å²) in [7, 11) is 3.81. The molecule has 6 rings (SSSR count). The van der Waals surface area contributed by atoms with Crippen molar-refractivity contribution in [1.29, 1.82) is 0 Å². The number of carboxylic acid groups (broad SMARTS) is 3. The van der Waals surface area contributed by atoms with Crippen LogP contribution >= 0.6 is 58.0 Å². The monoisotopic (exact) mass is 967 g/mol. The molecule has 2 unspecified atom stereocenters. The molecule has 0 aromatic carbocycles. The summed E-state index contributed by atoms with van der Waals surface area (Å²) in [4.78, 5) is 123. The van der Waals surface area contributed by atoms with Gasteiger partial charge in [0.15, 0.2) is 32.9 Å². The topological polar surface area (TPSA) is 377 Å². The predicted octanol–water partition coefficient (Wildman–Crippen LogP) is -2.12. The van der Waals surface area contributed by atoms with Gasteiger partial charge < -0.3 is 52.0 Å². The van der Waals surface area contributed by atoms with E-state index in [1.165, 1.54) is 48.5 Å². The molecule has 3 amide bonds. The number of H-pyrrole nitrogens is 1. The van der Waals surface area contributed by atoms with Gasteiger partial charge in [-0.2, -0.15) is 4.98 Å². The number of carbonyl (C=O) groups excluding carboxylic acids is 3. The number of aromatic nitrogens is 5. The van der Waals surface area contributed by atoms with E-state index in [9.17, 15) is 53.7 Å².